The van der Waals surface area contributed by atoms with Crippen LogP contribution in [0.5, 0.6) is 5.75 Å². The first-order valence-corrected chi connectivity index (χ1v) is 7.49. The first-order valence-electron chi connectivity index (χ1n) is 7.49. The van der Waals surface area contributed by atoms with E-state index in [1.165, 1.54) is 7.05 Å². The number of carbonyl (C=O) groups is 2. The highest BCUT2D eigenvalue weighted by Crippen LogP contribution is 2.39. The van der Waals surface area contributed by atoms with Gasteiger partial charge in [0.1, 0.15) is 5.75 Å². The van der Waals surface area contributed by atoms with Gasteiger partial charge in [-0.25, -0.2) is 0 Å². The highest BCUT2D eigenvalue weighted by Gasteiger charge is 2.28. The molecule has 1 aromatic rings. The van der Waals surface area contributed by atoms with Crippen molar-refractivity contribution in [3.8, 4) is 5.75 Å². The van der Waals surface area contributed by atoms with Crippen molar-refractivity contribution >= 4 is 11.7 Å². The van der Waals surface area contributed by atoms with Crippen LogP contribution in [-0.2, 0) is 15.6 Å². The normalized spacial score (nSPS) is 12.1. The Bertz CT molecular complexity index is 554. The molecule has 122 valence electrons. The van der Waals surface area contributed by atoms with E-state index in [4.69, 9.17) is 0 Å². The maximum absolute atomic E-state index is 12.3. The molecule has 0 saturated heterocycles. The quantitative estimate of drug-likeness (QED) is 0.665. The van der Waals surface area contributed by atoms with Gasteiger partial charge in [-0.05, 0) is 23.0 Å². The molecule has 0 unspecified atom stereocenters. The van der Waals surface area contributed by atoms with E-state index < -0.39 is 0 Å². The third-order valence-corrected chi connectivity index (χ3v) is 3.65. The Morgan fingerprint density at radius 1 is 1.00 bits per heavy atom. The van der Waals surface area contributed by atoms with E-state index in [-0.39, 0.29) is 34.7 Å². The Morgan fingerprint density at radius 2 is 1.41 bits per heavy atom. The summed E-state index contributed by atoms with van der Waals surface area (Å²) < 4.78 is 0. The van der Waals surface area contributed by atoms with E-state index in [1.807, 2.05) is 41.5 Å². The smallest absolute Gasteiger partial charge is 0.227 e. The van der Waals surface area contributed by atoms with Gasteiger partial charge in [0.2, 0.25) is 5.91 Å². The topological polar surface area (TPSA) is 66.4 Å². The second-order valence-electron chi connectivity index (χ2n) is 7.69. The molecule has 0 heterocycles. The molecule has 22 heavy (non-hydrogen) atoms. The van der Waals surface area contributed by atoms with Crippen LogP contribution in [0, 0.1) is 0 Å². The van der Waals surface area contributed by atoms with E-state index >= 15 is 0 Å². The van der Waals surface area contributed by atoms with Crippen LogP contribution in [0.15, 0.2) is 12.1 Å². The molecule has 4 nitrogen and oxygen atoms in total. The highest BCUT2D eigenvalue weighted by atomic mass is 16.3. The average Bonchev–Trinajstić information content (AvgIpc) is 2.35. The summed E-state index contributed by atoms with van der Waals surface area (Å²) in [5, 5.41) is 13.1. The van der Waals surface area contributed by atoms with E-state index in [9.17, 15) is 14.7 Å². The minimum absolute atomic E-state index is 0.186. The molecule has 0 bridgehead atoms. The van der Waals surface area contributed by atoms with Crippen LogP contribution in [0.3, 0.4) is 0 Å². The number of hydrogen-bond donors (Lipinski definition) is 2. The van der Waals surface area contributed by atoms with Crippen molar-refractivity contribution in [3.05, 3.63) is 28.8 Å². The van der Waals surface area contributed by atoms with Gasteiger partial charge in [-0.2, -0.15) is 0 Å². The number of nitrogens with one attached hydrogen (secondary N) is 1. The zero-order valence-electron chi connectivity index (χ0n) is 14.6. The van der Waals surface area contributed by atoms with Crippen LogP contribution in [-0.4, -0.2) is 23.8 Å². The summed E-state index contributed by atoms with van der Waals surface area (Å²) in [4.78, 5) is 23.8. The number of phenolic OH excluding ortho intramolecular Hbond substituents is 1. The van der Waals surface area contributed by atoms with Gasteiger partial charge < -0.3 is 10.4 Å². The first kappa shape index (κ1) is 18.2. The third kappa shape index (κ3) is 4.09. The number of rotatable bonds is 3. The molecule has 0 aliphatic carbocycles. The molecule has 0 aromatic heterocycles. The van der Waals surface area contributed by atoms with Gasteiger partial charge in [0.25, 0.3) is 0 Å². The molecular formula is C18H27NO3. The lowest BCUT2D eigenvalue weighted by molar-refractivity contribution is -0.119. The molecule has 0 atom stereocenters. The first-order chi connectivity index (χ1) is 9.87. The Labute approximate surface area is 132 Å². The lowest BCUT2D eigenvalue weighted by Crippen LogP contribution is -2.23. The summed E-state index contributed by atoms with van der Waals surface area (Å²) in [6.45, 7) is 11.9. The summed E-state index contributed by atoms with van der Waals surface area (Å²) in [7, 11) is 1.51. The van der Waals surface area contributed by atoms with Crippen molar-refractivity contribution in [2.24, 2.45) is 0 Å². The maximum Gasteiger partial charge on any atom is 0.227 e. The van der Waals surface area contributed by atoms with Crippen LogP contribution in [0.1, 0.15) is 69.4 Å². The fourth-order valence-electron chi connectivity index (χ4n) is 2.28. The summed E-state index contributed by atoms with van der Waals surface area (Å²) in [6.07, 6.45) is -0.186. The van der Waals surface area contributed by atoms with Crippen molar-refractivity contribution in [2.75, 3.05) is 7.05 Å². The Morgan fingerprint density at radius 3 is 1.73 bits per heavy atom. The Balaban J connectivity index is 3.48. The van der Waals surface area contributed by atoms with Crippen LogP contribution in [0.4, 0.5) is 0 Å². The molecule has 0 fully saturated rings. The van der Waals surface area contributed by atoms with Gasteiger partial charge in [0.05, 0.1) is 6.42 Å². The van der Waals surface area contributed by atoms with Gasteiger partial charge in [0, 0.05) is 23.7 Å². The molecule has 0 aliphatic heterocycles. The number of Topliss-reactive ketones (excluding diaryl/α,β-unsaturated/α-hetero) is 1. The molecule has 0 aliphatic rings. The zero-order chi connectivity index (χ0) is 17.3. The van der Waals surface area contributed by atoms with E-state index in [1.54, 1.807) is 12.1 Å². The maximum atomic E-state index is 12.3. The molecule has 1 rings (SSSR count). The number of carbonyl (C=O) groups excluding carboxylic acids is 2. The summed E-state index contributed by atoms with van der Waals surface area (Å²) in [6, 6.07) is 3.41. The SMILES string of the molecule is CNC(=O)CC(=O)c1cc(C(C)(C)C)c(O)c(C(C)(C)C)c1. The van der Waals surface area contributed by atoms with Gasteiger partial charge in [-0.3, -0.25) is 9.59 Å². The van der Waals surface area contributed by atoms with Crippen molar-refractivity contribution in [2.45, 2.75) is 58.8 Å². The van der Waals surface area contributed by atoms with Gasteiger partial charge in [0.15, 0.2) is 5.78 Å². The predicted octanol–water partition coefficient (Wildman–Crippen LogP) is 3.31. The number of aromatic hydroxyl groups is 1. The second-order valence-corrected chi connectivity index (χ2v) is 7.69. The Hall–Kier alpha value is -1.84. The lowest BCUT2D eigenvalue weighted by atomic mass is 9.78. The number of ketones is 1. The largest absolute Gasteiger partial charge is 0.507 e. The van der Waals surface area contributed by atoms with E-state index in [0.717, 1.165) is 11.1 Å². The fourth-order valence-corrected chi connectivity index (χ4v) is 2.28. The van der Waals surface area contributed by atoms with Gasteiger partial charge >= 0.3 is 0 Å². The number of phenols is 1. The molecule has 4 heteroatoms. The monoisotopic (exact) mass is 305 g/mol. The summed E-state index contributed by atoms with van der Waals surface area (Å²) >= 11 is 0. The van der Waals surface area contributed by atoms with Crippen LogP contribution < -0.4 is 5.32 Å². The zero-order valence-corrected chi connectivity index (χ0v) is 14.6. The Kier molecular flexibility index (Phi) is 5.06. The molecule has 0 saturated carbocycles. The summed E-state index contributed by atoms with van der Waals surface area (Å²) in [5.41, 5.74) is 1.32. The molecular weight excluding hydrogens is 278 g/mol. The summed E-state index contributed by atoms with van der Waals surface area (Å²) in [5.74, 6) is -0.320. The van der Waals surface area contributed by atoms with E-state index in [0.29, 0.717) is 5.56 Å². The highest BCUT2D eigenvalue weighted by molar-refractivity contribution is 6.07. The second kappa shape index (κ2) is 6.11. The number of amides is 1. The van der Waals surface area contributed by atoms with Gasteiger partial charge in [-0.1, -0.05) is 41.5 Å². The van der Waals surface area contributed by atoms with E-state index in [2.05, 4.69) is 5.32 Å². The molecule has 2 N–H and O–H groups in total. The van der Waals surface area contributed by atoms with Crippen molar-refractivity contribution in [1.82, 2.24) is 5.32 Å². The fraction of sp³-hybridized carbons (Fsp3) is 0.556. The predicted molar refractivity (Wildman–Crippen MR) is 88.5 cm³/mol. The molecule has 0 radical (unpaired) electrons. The van der Waals surface area contributed by atoms with Crippen molar-refractivity contribution < 1.29 is 14.7 Å². The number of hydrogen-bond acceptors (Lipinski definition) is 3. The minimum Gasteiger partial charge on any atom is -0.507 e. The molecule has 1 amide bonds. The van der Waals surface area contributed by atoms with Crippen LogP contribution >= 0.6 is 0 Å². The third-order valence-electron chi connectivity index (χ3n) is 3.65. The van der Waals surface area contributed by atoms with Crippen LogP contribution in [0.25, 0.3) is 0 Å². The standard InChI is InChI=1S/C18H27NO3/c1-17(2,3)12-8-11(14(20)10-15(21)19-7)9-13(16(12)22)18(4,5)6/h8-9,22H,10H2,1-7H3,(H,19,21). The average molecular weight is 305 g/mol. The molecule has 1 aromatic carbocycles. The number of benzene rings is 1. The minimum atomic E-state index is -0.312. The van der Waals surface area contributed by atoms with Gasteiger partial charge in [-0.15, -0.1) is 0 Å². The lowest BCUT2D eigenvalue weighted by Gasteiger charge is -2.28. The van der Waals surface area contributed by atoms with Crippen molar-refractivity contribution in [1.29, 1.82) is 0 Å². The molecule has 0 spiro atoms. The van der Waals surface area contributed by atoms with Crippen LogP contribution in [0.2, 0.25) is 0 Å². The van der Waals surface area contributed by atoms with Crippen molar-refractivity contribution in [3.63, 3.8) is 0 Å².